The van der Waals surface area contributed by atoms with Crippen molar-refractivity contribution in [2.45, 2.75) is 44.0 Å². The van der Waals surface area contributed by atoms with Gasteiger partial charge in [-0.3, -0.25) is 14.5 Å². The normalized spacial score (nSPS) is 40.8. The van der Waals surface area contributed by atoms with Gasteiger partial charge in [0.25, 0.3) is 5.91 Å². The van der Waals surface area contributed by atoms with Gasteiger partial charge in [-0.15, -0.1) is 0 Å². The van der Waals surface area contributed by atoms with Crippen molar-refractivity contribution >= 4 is 11.9 Å². The number of hydrogen-bond acceptors (Lipinski definition) is 5. The molecule has 3 heterocycles. The maximum absolute atomic E-state index is 13.0. The summed E-state index contributed by atoms with van der Waals surface area (Å²) in [5.41, 5.74) is 1.92. The fourth-order valence-electron chi connectivity index (χ4n) is 6.94. The standard InChI is InChI=1S/C26H32N2O4/c1-16-8-9-18-20(25(30)31-23(18)22-19(16)14-21-26(22,2)32-21)15-27-10-12-28(13-11-27)24(29)17-6-4-3-5-7-17/h3-7,18-23H,1,8-15H2,2H3/t18-,19-,20+,21-,22-,23-,26+/m0/s1. The molecule has 0 bridgehead atoms. The van der Waals surface area contributed by atoms with E-state index in [1.165, 1.54) is 5.57 Å². The van der Waals surface area contributed by atoms with Crippen LogP contribution in [0, 0.1) is 23.7 Å². The molecule has 0 spiro atoms. The van der Waals surface area contributed by atoms with Crippen LogP contribution in [0.5, 0.6) is 0 Å². The molecule has 2 saturated carbocycles. The summed E-state index contributed by atoms with van der Waals surface area (Å²) in [7, 11) is 0. The maximum Gasteiger partial charge on any atom is 0.310 e. The molecule has 2 aliphatic carbocycles. The van der Waals surface area contributed by atoms with Gasteiger partial charge in [0, 0.05) is 50.1 Å². The number of ether oxygens (including phenoxy) is 2. The minimum atomic E-state index is -0.139. The highest BCUT2D eigenvalue weighted by Gasteiger charge is 2.71. The molecule has 5 aliphatic rings. The van der Waals surface area contributed by atoms with E-state index in [0.717, 1.165) is 44.5 Å². The van der Waals surface area contributed by atoms with Crippen molar-refractivity contribution in [1.82, 2.24) is 9.80 Å². The molecule has 0 aromatic heterocycles. The van der Waals surface area contributed by atoms with Crippen LogP contribution in [-0.4, -0.2) is 72.2 Å². The first-order valence-corrected chi connectivity index (χ1v) is 12.1. The summed E-state index contributed by atoms with van der Waals surface area (Å²) in [6.45, 7) is 10.3. The predicted octanol–water partition coefficient (Wildman–Crippen LogP) is 2.75. The third-order valence-electron chi connectivity index (χ3n) is 8.85. The number of epoxide rings is 1. The molecule has 3 saturated heterocycles. The van der Waals surface area contributed by atoms with Crippen LogP contribution in [0.15, 0.2) is 42.5 Å². The van der Waals surface area contributed by atoms with E-state index < -0.39 is 0 Å². The van der Waals surface area contributed by atoms with E-state index in [4.69, 9.17) is 9.47 Å². The zero-order valence-electron chi connectivity index (χ0n) is 18.7. The van der Waals surface area contributed by atoms with E-state index >= 15 is 0 Å². The number of benzene rings is 1. The lowest BCUT2D eigenvalue weighted by molar-refractivity contribution is -0.147. The Bertz CT molecular complexity index is 940. The molecule has 1 aromatic carbocycles. The Labute approximate surface area is 189 Å². The SMILES string of the molecule is C=C1CC[C@@H]2[C@H](OC(=O)[C@@H]2CN2CCN(C(=O)c3ccccc3)CC2)[C@@H]2[C@H]1C[C@@H]1O[C@@]21C. The van der Waals surface area contributed by atoms with Gasteiger partial charge in [-0.1, -0.05) is 30.4 Å². The number of esters is 1. The molecular weight excluding hydrogens is 404 g/mol. The summed E-state index contributed by atoms with van der Waals surface area (Å²) < 4.78 is 12.1. The molecule has 0 N–H and O–H groups in total. The lowest BCUT2D eigenvalue weighted by Gasteiger charge is -2.36. The van der Waals surface area contributed by atoms with Crippen molar-refractivity contribution in [2.75, 3.05) is 32.7 Å². The number of rotatable bonds is 3. The molecular formula is C26H32N2O4. The molecule has 1 amide bonds. The van der Waals surface area contributed by atoms with Crippen LogP contribution in [0.1, 0.15) is 36.5 Å². The largest absolute Gasteiger partial charge is 0.461 e. The average molecular weight is 437 g/mol. The molecule has 32 heavy (non-hydrogen) atoms. The van der Waals surface area contributed by atoms with Crippen LogP contribution >= 0.6 is 0 Å². The number of allylic oxidation sites excluding steroid dienone is 1. The Morgan fingerprint density at radius 3 is 2.69 bits per heavy atom. The van der Waals surface area contributed by atoms with Gasteiger partial charge < -0.3 is 14.4 Å². The Kier molecular flexibility index (Phi) is 4.74. The Balaban J connectivity index is 1.12. The van der Waals surface area contributed by atoms with Gasteiger partial charge >= 0.3 is 5.97 Å². The highest BCUT2D eigenvalue weighted by molar-refractivity contribution is 5.94. The second kappa shape index (κ2) is 7.42. The van der Waals surface area contributed by atoms with Gasteiger partial charge in [-0.25, -0.2) is 0 Å². The third-order valence-corrected chi connectivity index (χ3v) is 8.85. The minimum Gasteiger partial charge on any atom is -0.461 e. The van der Waals surface area contributed by atoms with Crippen molar-refractivity contribution in [3.8, 4) is 0 Å². The summed E-state index contributed by atoms with van der Waals surface area (Å²) in [6, 6.07) is 9.46. The van der Waals surface area contributed by atoms with Crippen LogP contribution in [0.3, 0.4) is 0 Å². The van der Waals surface area contributed by atoms with E-state index in [0.29, 0.717) is 25.1 Å². The van der Waals surface area contributed by atoms with Gasteiger partial charge in [0.1, 0.15) is 6.10 Å². The summed E-state index contributed by atoms with van der Waals surface area (Å²) in [5.74, 6) is 0.867. The third kappa shape index (κ3) is 3.14. The van der Waals surface area contributed by atoms with E-state index in [1.807, 2.05) is 35.2 Å². The summed E-state index contributed by atoms with van der Waals surface area (Å²) in [6.07, 6.45) is 3.25. The molecule has 5 fully saturated rings. The molecule has 3 aliphatic heterocycles. The highest BCUT2D eigenvalue weighted by atomic mass is 16.6. The smallest absolute Gasteiger partial charge is 0.310 e. The van der Waals surface area contributed by atoms with Gasteiger partial charge in [0.2, 0.25) is 0 Å². The molecule has 6 nitrogen and oxygen atoms in total. The van der Waals surface area contributed by atoms with E-state index in [2.05, 4.69) is 18.4 Å². The van der Waals surface area contributed by atoms with Gasteiger partial charge in [-0.2, -0.15) is 0 Å². The molecule has 6 heteroatoms. The lowest BCUT2D eigenvalue weighted by Crippen LogP contribution is -2.50. The van der Waals surface area contributed by atoms with E-state index in [9.17, 15) is 9.59 Å². The lowest BCUT2D eigenvalue weighted by atomic mass is 9.77. The molecule has 170 valence electrons. The highest BCUT2D eigenvalue weighted by Crippen LogP contribution is 2.63. The second-order valence-corrected chi connectivity index (χ2v) is 10.5. The number of carbonyl (C=O) groups excluding carboxylic acids is 2. The maximum atomic E-state index is 13.0. The zero-order valence-corrected chi connectivity index (χ0v) is 18.7. The zero-order chi connectivity index (χ0) is 22.0. The molecule has 0 unspecified atom stereocenters. The predicted molar refractivity (Wildman–Crippen MR) is 119 cm³/mol. The molecule has 1 aromatic rings. The summed E-state index contributed by atoms with van der Waals surface area (Å²) in [4.78, 5) is 30.0. The first-order valence-electron chi connectivity index (χ1n) is 12.1. The van der Waals surface area contributed by atoms with Gasteiger partial charge in [-0.05, 0) is 44.2 Å². The van der Waals surface area contributed by atoms with Gasteiger partial charge in [0.05, 0.1) is 17.6 Å². The quantitative estimate of drug-likeness (QED) is 0.414. The number of nitrogens with zero attached hydrogens (tertiary/aromatic N) is 2. The topological polar surface area (TPSA) is 62.4 Å². The van der Waals surface area contributed by atoms with Crippen molar-refractivity contribution < 1.29 is 19.1 Å². The van der Waals surface area contributed by atoms with E-state index in [1.54, 1.807) is 0 Å². The first kappa shape index (κ1) is 20.4. The van der Waals surface area contributed by atoms with Crippen molar-refractivity contribution in [1.29, 1.82) is 0 Å². The molecule has 0 radical (unpaired) electrons. The monoisotopic (exact) mass is 436 g/mol. The van der Waals surface area contributed by atoms with Crippen LogP contribution in [0.25, 0.3) is 0 Å². The number of fused-ring (bicyclic) bond motifs is 5. The fourth-order valence-corrected chi connectivity index (χ4v) is 6.94. The first-order chi connectivity index (χ1) is 15.5. The van der Waals surface area contributed by atoms with Crippen molar-refractivity contribution in [3.05, 3.63) is 48.0 Å². The summed E-state index contributed by atoms with van der Waals surface area (Å²) >= 11 is 0. The van der Waals surface area contributed by atoms with Crippen molar-refractivity contribution in [2.24, 2.45) is 23.7 Å². The average Bonchev–Trinajstić information content (AvgIpc) is 3.29. The Hall–Kier alpha value is -2.18. The summed E-state index contributed by atoms with van der Waals surface area (Å²) in [5, 5.41) is 0. The Morgan fingerprint density at radius 2 is 1.94 bits per heavy atom. The number of piperazine rings is 1. The minimum absolute atomic E-state index is 0.0400. The number of amides is 1. The number of carbonyl (C=O) groups is 2. The second-order valence-electron chi connectivity index (χ2n) is 10.5. The van der Waals surface area contributed by atoms with Crippen LogP contribution in [-0.2, 0) is 14.3 Å². The molecule has 7 atom stereocenters. The number of hydrogen-bond donors (Lipinski definition) is 0. The van der Waals surface area contributed by atoms with Crippen molar-refractivity contribution in [3.63, 3.8) is 0 Å². The fraction of sp³-hybridized carbons (Fsp3) is 0.615. The van der Waals surface area contributed by atoms with E-state index in [-0.39, 0.29) is 41.3 Å². The van der Waals surface area contributed by atoms with Crippen LogP contribution in [0.4, 0.5) is 0 Å². The Morgan fingerprint density at radius 1 is 1.19 bits per heavy atom. The molecule has 6 rings (SSSR count). The van der Waals surface area contributed by atoms with Crippen LogP contribution < -0.4 is 0 Å². The van der Waals surface area contributed by atoms with Gasteiger partial charge in [0.15, 0.2) is 0 Å². The van der Waals surface area contributed by atoms with Crippen LogP contribution in [0.2, 0.25) is 0 Å².